The molecule has 0 bridgehead atoms. The van der Waals surface area contributed by atoms with Crippen LogP contribution >= 0.6 is 0 Å². The van der Waals surface area contributed by atoms with Gasteiger partial charge in [0.25, 0.3) is 5.79 Å². The normalized spacial score (nSPS) is 18.4. The van der Waals surface area contributed by atoms with E-state index in [-0.39, 0.29) is 16.5 Å². The van der Waals surface area contributed by atoms with Gasteiger partial charge in [-0.2, -0.15) is 0 Å². The van der Waals surface area contributed by atoms with Crippen LogP contribution < -0.4 is 9.47 Å². The predicted molar refractivity (Wildman–Crippen MR) is 182 cm³/mol. The van der Waals surface area contributed by atoms with E-state index in [1.807, 2.05) is 30.3 Å². The lowest BCUT2D eigenvalue weighted by Crippen LogP contribution is -2.60. The van der Waals surface area contributed by atoms with Crippen LogP contribution in [0.5, 0.6) is 11.5 Å². The van der Waals surface area contributed by atoms with Crippen molar-refractivity contribution in [2.75, 3.05) is 13.7 Å². The molecule has 0 unspecified atom stereocenters. The molecule has 1 aliphatic carbocycles. The van der Waals surface area contributed by atoms with Crippen molar-refractivity contribution in [2.24, 2.45) is 11.8 Å². The zero-order valence-corrected chi connectivity index (χ0v) is 30.7. The Morgan fingerprint density at radius 3 is 2.14 bits per heavy atom. The van der Waals surface area contributed by atoms with Gasteiger partial charge in [0.1, 0.15) is 11.5 Å². The quantitative estimate of drug-likeness (QED) is 0.0684. The molecule has 1 saturated carbocycles. The molecule has 1 aromatic rings. The summed E-state index contributed by atoms with van der Waals surface area (Å²) in [6, 6.07) is 7.68. The molecule has 0 aliphatic heterocycles. The fourth-order valence-electron chi connectivity index (χ4n) is 4.72. The first kappa shape index (κ1) is 37.1. The summed E-state index contributed by atoms with van der Waals surface area (Å²) < 4.78 is 24.4. The van der Waals surface area contributed by atoms with Crippen molar-refractivity contribution >= 4 is 22.6 Å². The SMILES string of the molecule is COc1cccc(OCC/C=C/[C@H]2CCC[C@@H]2CC=C=CCC(O[Si](C)(C)C(C)(C)C)(O[Si](C)(C)C(C)(C)C)C(=O)O)c1. The molecule has 1 aromatic carbocycles. The smallest absolute Gasteiger partial charge is 0.362 e. The van der Waals surface area contributed by atoms with E-state index < -0.39 is 28.4 Å². The number of hydrogen-bond acceptors (Lipinski definition) is 5. The number of methoxy groups -OCH3 is 1. The number of allylic oxidation sites excluding steroid dienone is 1. The Kier molecular flexibility index (Phi) is 13.2. The van der Waals surface area contributed by atoms with E-state index in [1.54, 1.807) is 7.11 Å². The molecule has 6 nitrogen and oxygen atoms in total. The van der Waals surface area contributed by atoms with Crippen molar-refractivity contribution in [1.82, 2.24) is 0 Å². The number of carbonyl (C=O) groups is 1. The maximum atomic E-state index is 12.9. The van der Waals surface area contributed by atoms with Crippen LogP contribution in [0.25, 0.3) is 0 Å². The molecule has 0 saturated heterocycles. The number of rotatable bonds is 15. The summed E-state index contributed by atoms with van der Waals surface area (Å²) in [5.41, 5.74) is 3.30. The zero-order chi connectivity index (χ0) is 32.5. The van der Waals surface area contributed by atoms with Crippen LogP contribution in [0.15, 0.2) is 54.3 Å². The molecule has 8 heteroatoms. The summed E-state index contributed by atoms with van der Waals surface area (Å²) in [6.07, 6.45) is 14.0. The summed E-state index contributed by atoms with van der Waals surface area (Å²) in [5, 5.41) is 10.3. The molecule has 0 radical (unpaired) electrons. The summed E-state index contributed by atoms with van der Waals surface area (Å²) in [7, 11) is -3.28. The van der Waals surface area contributed by atoms with E-state index in [0.29, 0.717) is 18.4 Å². The van der Waals surface area contributed by atoms with Gasteiger partial charge in [-0.1, -0.05) is 66.2 Å². The summed E-state index contributed by atoms with van der Waals surface area (Å²) >= 11 is 0. The Morgan fingerprint density at radius 1 is 0.977 bits per heavy atom. The van der Waals surface area contributed by atoms with Crippen molar-refractivity contribution in [3.8, 4) is 11.5 Å². The van der Waals surface area contributed by atoms with E-state index in [1.165, 1.54) is 19.3 Å². The number of benzene rings is 1. The van der Waals surface area contributed by atoms with Crippen LogP contribution in [0, 0.1) is 11.8 Å². The molecule has 0 spiro atoms. The fraction of sp³-hybridized carbons (Fsp3) is 0.657. The molecule has 2 rings (SSSR count). The molecule has 0 aromatic heterocycles. The number of aliphatic carboxylic acids is 1. The summed E-state index contributed by atoms with van der Waals surface area (Å²) in [4.78, 5) is 12.9. The number of hydrogen-bond donors (Lipinski definition) is 1. The molecule has 0 amide bonds. The third-order valence-electron chi connectivity index (χ3n) is 9.50. The van der Waals surface area contributed by atoms with E-state index in [0.717, 1.165) is 24.3 Å². The van der Waals surface area contributed by atoms with Crippen molar-refractivity contribution in [1.29, 1.82) is 0 Å². The highest BCUT2D eigenvalue weighted by Gasteiger charge is 2.54. The third-order valence-corrected chi connectivity index (χ3v) is 18.4. The largest absolute Gasteiger partial charge is 0.497 e. The van der Waals surface area contributed by atoms with E-state index in [4.69, 9.17) is 18.3 Å². The van der Waals surface area contributed by atoms with Crippen molar-refractivity contribution < 1.29 is 28.2 Å². The first-order chi connectivity index (χ1) is 19.8. The Labute approximate surface area is 263 Å². The minimum atomic E-state index is -2.47. The van der Waals surface area contributed by atoms with Gasteiger partial charge in [-0.25, -0.2) is 4.79 Å². The lowest BCUT2D eigenvalue weighted by molar-refractivity contribution is -0.191. The Hall–Kier alpha value is -2.10. The first-order valence-corrected chi connectivity index (χ1v) is 21.6. The van der Waals surface area contributed by atoms with Gasteiger partial charge in [0, 0.05) is 12.5 Å². The monoisotopic (exact) mass is 630 g/mol. The molecule has 1 N–H and O–H groups in total. The lowest BCUT2D eigenvalue weighted by Gasteiger charge is -2.48. The molecular weight excluding hydrogens is 573 g/mol. The number of carboxylic acid groups (broad SMARTS) is 1. The highest BCUT2D eigenvalue weighted by atomic mass is 28.4. The Balaban J connectivity index is 2.07. The second-order valence-corrected chi connectivity index (χ2v) is 24.3. The van der Waals surface area contributed by atoms with Crippen molar-refractivity contribution in [2.45, 2.75) is 122 Å². The van der Waals surface area contributed by atoms with E-state index >= 15 is 0 Å². The second kappa shape index (κ2) is 15.3. The summed E-state index contributed by atoms with van der Waals surface area (Å²) in [6.45, 7) is 21.7. The molecule has 0 heterocycles. The van der Waals surface area contributed by atoms with Gasteiger partial charge >= 0.3 is 5.97 Å². The topological polar surface area (TPSA) is 74.2 Å². The van der Waals surface area contributed by atoms with Gasteiger partial charge in [-0.3, -0.25) is 0 Å². The van der Waals surface area contributed by atoms with Gasteiger partial charge in [-0.15, -0.1) is 5.73 Å². The molecule has 242 valence electrons. The van der Waals surface area contributed by atoms with E-state index in [9.17, 15) is 9.90 Å². The van der Waals surface area contributed by atoms with Crippen LogP contribution in [0.3, 0.4) is 0 Å². The zero-order valence-electron chi connectivity index (χ0n) is 28.7. The first-order valence-electron chi connectivity index (χ1n) is 15.8. The van der Waals surface area contributed by atoms with Crippen LogP contribution in [-0.2, 0) is 13.6 Å². The lowest BCUT2D eigenvalue weighted by atomic mass is 9.92. The number of carboxylic acids is 1. The van der Waals surface area contributed by atoms with Gasteiger partial charge in [0.2, 0.25) is 0 Å². The average Bonchev–Trinajstić information content (AvgIpc) is 3.33. The third kappa shape index (κ3) is 10.8. The minimum Gasteiger partial charge on any atom is -0.497 e. The van der Waals surface area contributed by atoms with Gasteiger partial charge in [0.05, 0.1) is 13.7 Å². The fourth-order valence-corrected chi connectivity index (χ4v) is 7.49. The maximum absolute atomic E-state index is 12.9. The van der Waals surface area contributed by atoms with Crippen molar-refractivity contribution in [3.05, 3.63) is 54.3 Å². The van der Waals surface area contributed by atoms with E-state index in [2.05, 4.69) is 91.7 Å². The average molecular weight is 631 g/mol. The molecule has 43 heavy (non-hydrogen) atoms. The maximum Gasteiger partial charge on any atom is 0.362 e. The van der Waals surface area contributed by atoms with Gasteiger partial charge in [0.15, 0.2) is 16.6 Å². The highest BCUT2D eigenvalue weighted by molar-refractivity contribution is 6.75. The predicted octanol–water partition coefficient (Wildman–Crippen LogP) is 9.75. The standard InChI is InChI=1S/C35H58O6Si2/c1-33(2,3)42(8,9)40-35(32(36)37,41-43(10,11)34(4,5)6)25-15-12-13-19-28-21-17-22-29(28)20-14-16-26-39-31-24-18-23-30(27-31)38-7/h13-15,18,20,23-24,27-29H,16-17,19,21-22,25-26H2,1-11H3,(H,36,37)/b20-14+/t12?,28-,29-/m0/s1. The summed E-state index contributed by atoms with van der Waals surface area (Å²) in [5.74, 6) is -0.0667. The molecular formula is C35H58O6Si2. The van der Waals surface area contributed by atoms with Gasteiger partial charge in [-0.05, 0) is 98.1 Å². The van der Waals surface area contributed by atoms with Gasteiger partial charge < -0.3 is 23.4 Å². The van der Waals surface area contributed by atoms with Crippen LogP contribution in [0.4, 0.5) is 0 Å². The molecule has 2 atom stereocenters. The molecule has 1 fully saturated rings. The van der Waals surface area contributed by atoms with Crippen LogP contribution in [0.1, 0.15) is 80.1 Å². The number of ether oxygens (including phenoxy) is 2. The highest BCUT2D eigenvalue weighted by Crippen LogP contribution is 2.45. The van der Waals surface area contributed by atoms with Crippen molar-refractivity contribution in [3.63, 3.8) is 0 Å². The minimum absolute atomic E-state index is 0.124. The Bertz CT molecular complexity index is 1110. The Morgan fingerprint density at radius 2 is 1.58 bits per heavy atom. The molecule has 1 aliphatic rings. The van der Waals surface area contributed by atoms with Crippen LogP contribution in [0.2, 0.25) is 36.3 Å². The van der Waals surface area contributed by atoms with Crippen LogP contribution in [-0.4, -0.2) is 47.2 Å². The second-order valence-electron chi connectivity index (χ2n) is 14.9.